The second kappa shape index (κ2) is 5.73. The van der Waals surface area contributed by atoms with Crippen LogP contribution < -0.4 is 20.0 Å². The van der Waals surface area contributed by atoms with Crippen LogP contribution in [0.25, 0.3) is 0 Å². The molecule has 0 amide bonds. The van der Waals surface area contributed by atoms with Gasteiger partial charge in [0.15, 0.2) is 0 Å². The van der Waals surface area contributed by atoms with Crippen molar-refractivity contribution in [2.45, 2.75) is 0 Å². The van der Waals surface area contributed by atoms with Gasteiger partial charge in [-0.1, -0.05) is 31.9 Å². The molecule has 0 heterocycles. The van der Waals surface area contributed by atoms with Crippen molar-refractivity contribution in [1.82, 2.24) is 0 Å². The van der Waals surface area contributed by atoms with Gasteiger partial charge in [-0.3, -0.25) is 0 Å². The maximum Gasteiger partial charge on any atom is 2.00 e. The summed E-state index contributed by atoms with van der Waals surface area (Å²) in [7, 11) is -4.63. The quantitative estimate of drug-likeness (QED) is 0.495. The fourth-order valence-electron chi connectivity index (χ4n) is 0.697. The van der Waals surface area contributed by atoms with Crippen LogP contribution in [0.5, 0.6) is 0 Å². The van der Waals surface area contributed by atoms with E-state index < -0.39 is 7.94 Å². The SMILES string of the molecule is [Ca+2].[O-][P+]([O-])([O-])c1cc(Br)cc(Br)c1. The Morgan fingerprint density at radius 3 is 1.62 bits per heavy atom. The predicted molar refractivity (Wildman–Crippen MR) is 54.2 cm³/mol. The van der Waals surface area contributed by atoms with Crippen molar-refractivity contribution in [3.8, 4) is 0 Å². The molecule has 0 unspecified atom stereocenters. The Hall–Kier alpha value is 1.75. The molecule has 0 aliphatic carbocycles. The normalized spacial score (nSPS) is 10.8. The van der Waals surface area contributed by atoms with E-state index in [9.17, 15) is 14.7 Å². The third-order valence-corrected chi connectivity index (χ3v) is 2.97. The Balaban J connectivity index is 0.00000144. The van der Waals surface area contributed by atoms with Gasteiger partial charge in [-0.2, -0.15) is 0 Å². The maximum absolute atomic E-state index is 10.6. The van der Waals surface area contributed by atoms with E-state index in [1.54, 1.807) is 6.07 Å². The first-order valence-corrected chi connectivity index (χ1v) is 6.01. The molecular weight excluding hydrogens is 351 g/mol. The van der Waals surface area contributed by atoms with Gasteiger partial charge in [-0.15, -0.1) is 7.94 Å². The molecule has 0 atom stereocenters. The van der Waals surface area contributed by atoms with E-state index in [-0.39, 0.29) is 43.0 Å². The van der Waals surface area contributed by atoms with Crippen LogP contribution in [-0.4, -0.2) is 37.7 Å². The van der Waals surface area contributed by atoms with Crippen LogP contribution >= 0.6 is 39.8 Å². The minimum atomic E-state index is -4.63. The number of halogens is 2. The molecular formula is C6H3Br2CaO3P. The van der Waals surface area contributed by atoms with Crippen molar-refractivity contribution < 1.29 is 14.7 Å². The van der Waals surface area contributed by atoms with Gasteiger partial charge in [-0.25, -0.2) is 0 Å². The zero-order valence-electron chi connectivity index (χ0n) is 6.37. The first-order chi connectivity index (χ1) is 5.39. The Morgan fingerprint density at radius 1 is 0.923 bits per heavy atom. The van der Waals surface area contributed by atoms with Crippen LogP contribution in [0.3, 0.4) is 0 Å². The number of rotatable bonds is 1. The summed E-state index contributed by atoms with van der Waals surface area (Å²) in [5.74, 6) is 0. The summed E-state index contributed by atoms with van der Waals surface area (Å²) in [6.45, 7) is 0. The van der Waals surface area contributed by atoms with Gasteiger partial charge >= 0.3 is 37.7 Å². The summed E-state index contributed by atoms with van der Waals surface area (Å²) in [5.41, 5.74) is 0. The topological polar surface area (TPSA) is 69.2 Å². The molecule has 66 valence electrons. The minimum Gasteiger partial charge on any atom is -0.683 e. The van der Waals surface area contributed by atoms with E-state index in [1.807, 2.05) is 0 Å². The van der Waals surface area contributed by atoms with Crippen molar-refractivity contribution in [3.05, 3.63) is 27.1 Å². The molecule has 0 radical (unpaired) electrons. The fourth-order valence-corrected chi connectivity index (χ4v) is 2.94. The average molecular weight is 354 g/mol. The molecule has 1 rings (SSSR count). The molecule has 0 bridgehead atoms. The van der Waals surface area contributed by atoms with E-state index in [2.05, 4.69) is 31.9 Å². The first kappa shape index (κ1) is 14.7. The number of hydrogen-bond donors (Lipinski definition) is 0. The largest absolute Gasteiger partial charge is 2.00 e. The van der Waals surface area contributed by atoms with Crippen LogP contribution in [0.2, 0.25) is 0 Å². The molecule has 0 spiro atoms. The predicted octanol–water partition coefficient (Wildman–Crippen LogP) is -0.700. The van der Waals surface area contributed by atoms with E-state index in [4.69, 9.17) is 0 Å². The maximum atomic E-state index is 10.6. The van der Waals surface area contributed by atoms with Gasteiger partial charge < -0.3 is 14.7 Å². The van der Waals surface area contributed by atoms with Gasteiger partial charge in [0.2, 0.25) is 0 Å². The second-order valence-corrected chi connectivity index (χ2v) is 5.47. The second-order valence-electron chi connectivity index (χ2n) is 2.13. The van der Waals surface area contributed by atoms with Crippen LogP contribution in [-0.2, 0) is 0 Å². The smallest absolute Gasteiger partial charge is 0.683 e. The number of benzene rings is 1. The zero-order chi connectivity index (χ0) is 9.35. The molecule has 13 heavy (non-hydrogen) atoms. The van der Waals surface area contributed by atoms with Gasteiger partial charge in [-0.05, 0) is 18.2 Å². The first-order valence-electron chi connectivity index (χ1n) is 2.88. The molecule has 0 aromatic heterocycles. The standard InChI is InChI=1S/C6H5Br2O3P.Ca/c7-4-1-5(8)3-6(2-4)12(9,10)11;/h1-3H,(H2,9,10,11);/q;+2/p-2. The molecule has 1 aromatic carbocycles. The summed E-state index contributed by atoms with van der Waals surface area (Å²) in [6, 6.07) is 4.19. The zero-order valence-corrected chi connectivity index (χ0v) is 12.6. The molecule has 7 heteroatoms. The molecule has 0 N–H and O–H groups in total. The van der Waals surface area contributed by atoms with Crippen LogP contribution in [0, 0.1) is 0 Å². The third kappa shape index (κ3) is 4.87. The van der Waals surface area contributed by atoms with Gasteiger partial charge in [0.1, 0.15) is 0 Å². The van der Waals surface area contributed by atoms with E-state index >= 15 is 0 Å². The van der Waals surface area contributed by atoms with E-state index in [0.29, 0.717) is 8.95 Å². The fraction of sp³-hybridized carbons (Fsp3) is 0. The van der Waals surface area contributed by atoms with Crippen molar-refractivity contribution in [1.29, 1.82) is 0 Å². The molecule has 0 saturated carbocycles. The molecule has 0 fully saturated rings. The summed E-state index contributed by atoms with van der Waals surface area (Å²) >= 11 is 6.15. The Morgan fingerprint density at radius 2 is 1.31 bits per heavy atom. The van der Waals surface area contributed by atoms with Crippen LogP contribution in [0.15, 0.2) is 27.1 Å². The van der Waals surface area contributed by atoms with Crippen LogP contribution in [0.1, 0.15) is 0 Å². The molecule has 0 aliphatic heterocycles. The molecule has 0 saturated heterocycles. The van der Waals surface area contributed by atoms with E-state index in [1.165, 1.54) is 12.1 Å². The van der Waals surface area contributed by atoms with Crippen molar-refractivity contribution >= 4 is 82.8 Å². The Labute approximate surface area is 123 Å². The van der Waals surface area contributed by atoms with Crippen molar-refractivity contribution in [2.24, 2.45) is 0 Å². The van der Waals surface area contributed by atoms with Crippen molar-refractivity contribution in [2.75, 3.05) is 0 Å². The minimum absolute atomic E-state index is 0. The monoisotopic (exact) mass is 352 g/mol. The van der Waals surface area contributed by atoms with Crippen LogP contribution in [0.4, 0.5) is 0 Å². The van der Waals surface area contributed by atoms with E-state index in [0.717, 1.165) is 0 Å². The molecule has 1 aromatic rings. The van der Waals surface area contributed by atoms with Gasteiger partial charge in [0.05, 0.1) is 5.30 Å². The van der Waals surface area contributed by atoms with Gasteiger partial charge in [0, 0.05) is 8.95 Å². The number of hydrogen-bond acceptors (Lipinski definition) is 3. The Kier molecular flexibility index (Phi) is 6.50. The van der Waals surface area contributed by atoms with Gasteiger partial charge in [0.25, 0.3) is 0 Å². The summed E-state index contributed by atoms with van der Waals surface area (Å²) in [6.07, 6.45) is 0. The Bertz CT molecular complexity index is 282. The molecule has 3 nitrogen and oxygen atoms in total. The third-order valence-electron chi connectivity index (χ3n) is 1.16. The summed E-state index contributed by atoms with van der Waals surface area (Å²) < 4.78 is 1.11. The summed E-state index contributed by atoms with van der Waals surface area (Å²) in [5, 5.41) is -0.219. The van der Waals surface area contributed by atoms with Crippen molar-refractivity contribution in [3.63, 3.8) is 0 Å². The molecule has 0 aliphatic rings. The average Bonchev–Trinajstić information content (AvgIpc) is 1.82. The summed E-state index contributed by atoms with van der Waals surface area (Å²) in [4.78, 5) is 31.7.